The molecule has 3 aromatic rings. The highest BCUT2D eigenvalue weighted by molar-refractivity contribution is 7.98. The van der Waals surface area contributed by atoms with Gasteiger partial charge in [0.2, 0.25) is 5.82 Å². The van der Waals surface area contributed by atoms with Crippen LogP contribution in [-0.4, -0.2) is 26.5 Å². The number of aromatic nitrogens is 4. The van der Waals surface area contributed by atoms with Gasteiger partial charge < -0.3 is 0 Å². The first-order valence-corrected chi connectivity index (χ1v) is 7.50. The number of nitrogens with zero attached hydrogens (tertiary/aromatic N) is 4. The minimum atomic E-state index is 0.637. The van der Waals surface area contributed by atoms with Crippen molar-refractivity contribution in [2.45, 2.75) is 11.8 Å². The topological polar surface area (TPSA) is 43.6 Å². The number of benzene rings is 2. The molecule has 100 valence electrons. The summed E-state index contributed by atoms with van der Waals surface area (Å²) in [6, 6.07) is 16.2. The molecule has 1 heterocycles. The van der Waals surface area contributed by atoms with Crippen LogP contribution in [0.2, 0.25) is 0 Å². The summed E-state index contributed by atoms with van der Waals surface area (Å²) in [5.41, 5.74) is 3.10. The summed E-state index contributed by atoms with van der Waals surface area (Å²) in [4.78, 5) is 2.77. The molecule has 0 N–H and O–H groups in total. The highest BCUT2D eigenvalue weighted by Crippen LogP contribution is 2.20. The number of rotatable bonds is 3. The summed E-state index contributed by atoms with van der Waals surface area (Å²) < 4.78 is 0. The normalized spacial score (nSPS) is 10.7. The molecule has 5 heteroatoms. The number of hydrogen-bond donors (Lipinski definition) is 0. The van der Waals surface area contributed by atoms with Crippen molar-refractivity contribution in [3.63, 3.8) is 0 Å². The zero-order valence-corrected chi connectivity index (χ0v) is 12.1. The van der Waals surface area contributed by atoms with E-state index in [9.17, 15) is 0 Å². The van der Waals surface area contributed by atoms with Crippen LogP contribution in [0.15, 0.2) is 53.4 Å². The van der Waals surface area contributed by atoms with E-state index >= 15 is 0 Å². The van der Waals surface area contributed by atoms with Crippen LogP contribution in [0.3, 0.4) is 0 Å². The lowest BCUT2D eigenvalue weighted by molar-refractivity contribution is 0.720. The highest BCUT2D eigenvalue weighted by atomic mass is 32.2. The van der Waals surface area contributed by atoms with Crippen molar-refractivity contribution in [2.75, 3.05) is 6.26 Å². The molecule has 0 bridgehead atoms. The monoisotopic (exact) mass is 282 g/mol. The van der Waals surface area contributed by atoms with Crippen molar-refractivity contribution in [3.05, 3.63) is 54.1 Å². The molecule has 0 unspecified atom stereocenters. The van der Waals surface area contributed by atoms with E-state index in [-0.39, 0.29) is 0 Å². The predicted molar refractivity (Wildman–Crippen MR) is 81.1 cm³/mol. The summed E-state index contributed by atoms with van der Waals surface area (Å²) in [5, 5.41) is 12.6. The molecule has 0 aliphatic heterocycles. The number of aryl methyl sites for hydroxylation is 1. The molecule has 0 spiro atoms. The first kappa shape index (κ1) is 12.9. The summed E-state index contributed by atoms with van der Waals surface area (Å²) in [6.45, 7) is 2.05. The zero-order valence-electron chi connectivity index (χ0n) is 11.3. The van der Waals surface area contributed by atoms with Gasteiger partial charge in [-0.2, -0.15) is 0 Å². The maximum atomic E-state index is 4.42. The van der Waals surface area contributed by atoms with E-state index in [4.69, 9.17) is 0 Å². The predicted octanol–water partition coefficient (Wildman–Crippen LogP) is 3.36. The second-order valence-electron chi connectivity index (χ2n) is 4.47. The van der Waals surface area contributed by atoms with Gasteiger partial charge in [-0.1, -0.05) is 17.7 Å². The van der Waals surface area contributed by atoms with Crippen LogP contribution in [0, 0.1) is 6.92 Å². The Morgan fingerprint density at radius 2 is 1.65 bits per heavy atom. The molecule has 0 saturated heterocycles. The Bertz CT molecular complexity index is 701. The molecule has 0 saturated carbocycles. The minimum Gasteiger partial charge on any atom is -0.130 e. The van der Waals surface area contributed by atoms with E-state index in [1.165, 1.54) is 10.5 Å². The Morgan fingerprint density at radius 3 is 2.30 bits per heavy atom. The quantitative estimate of drug-likeness (QED) is 0.691. The molecule has 2 aromatic carbocycles. The average molecular weight is 282 g/mol. The molecular weight excluding hydrogens is 268 g/mol. The van der Waals surface area contributed by atoms with Gasteiger partial charge in [-0.25, -0.2) is 0 Å². The third kappa shape index (κ3) is 2.58. The van der Waals surface area contributed by atoms with Gasteiger partial charge in [-0.3, -0.25) is 0 Å². The minimum absolute atomic E-state index is 0.637. The van der Waals surface area contributed by atoms with Crippen molar-refractivity contribution in [1.29, 1.82) is 0 Å². The molecular formula is C15H14N4S. The van der Waals surface area contributed by atoms with E-state index in [0.717, 1.165) is 11.3 Å². The summed E-state index contributed by atoms with van der Waals surface area (Å²) in [7, 11) is 0. The molecule has 0 aliphatic rings. The van der Waals surface area contributed by atoms with Gasteiger partial charge >= 0.3 is 0 Å². The Labute approximate surface area is 121 Å². The maximum absolute atomic E-state index is 4.42. The summed E-state index contributed by atoms with van der Waals surface area (Å²) in [5.74, 6) is 0.637. The lowest BCUT2D eigenvalue weighted by Gasteiger charge is -1.99. The molecule has 3 rings (SSSR count). The van der Waals surface area contributed by atoms with Crippen LogP contribution in [-0.2, 0) is 0 Å². The van der Waals surface area contributed by atoms with Gasteiger partial charge in [0.05, 0.1) is 5.69 Å². The maximum Gasteiger partial charge on any atom is 0.205 e. The van der Waals surface area contributed by atoms with Gasteiger partial charge in [-0.05, 0) is 54.8 Å². The molecule has 0 aliphatic carbocycles. The molecule has 0 amide bonds. The fourth-order valence-corrected chi connectivity index (χ4v) is 2.27. The van der Waals surface area contributed by atoms with Gasteiger partial charge in [0, 0.05) is 10.5 Å². The summed E-state index contributed by atoms with van der Waals surface area (Å²) >= 11 is 1.71. The van der Waals surface area contributed by atoms with Gasteiger partial charge in [0.1, 0.15) is 0 Å². The Balaban J connectivity index is 1.91. The van der Waals surface area contributed by atoms with Crippen LogP contribution in [0.5, 0.6) is 0 Å². The molecule has 0 fully saturated rings. The Hall–Kier alpha value is -2.14. The first-order valence-electron chi connectivity index (χ1n) is 6.28. The molecule has 1 aromatic heterocycles. The smallest absolute Gasteiger partial charge is 0.130 e. The molecule has 4 nitrogen and oxygen atoms in total. The third-order valence-corrected chi connectivity index (χ3v) is 3.77. The second-order valence-corrected chi connectivity index (χ2v) is 5.35. The SMILES string of the molecule is CSc1ccc(-c2nnn(-c3ccc(C)cc3)n2)cc1. The van der Waals surface area contributed by atoms with E-state index in [1.807, 2.05) is 36.4 Å². The van der Waals surface area contributed by atoms with E-state index < -0.39 is 0 Å². The lowest BCUT2D eigenvalue weighted by atomic mass is 10.2. The molecule has 20 heavy (non-hydrogen) atoms. The zero-order chi connectivity index (χ0) is 13.9. The lowest BCUT2D eigenvalue weighted by Crippen LogP contribution is -1.98. The summed E-state index contributed by atoms with van der Waals surface area (Å²) in [6.07, 6.45) is 2.06. The van der Waals surface area contributed by atoms with Crippen LogP contribution < -0.4 is 0 Å². The van der Waals surface area contributed by atoms with E-state index in [0.29, 0.717) is 5.82 Å². The average Bonchev–Trinajstić information content (AvgIpc) is 2.98. The van der Waals surface area contributed by atoms with Gasteiger partial charge in [0.25, 0.3) is 0 Å². The first-order chi connectivity index (χ1) is 9.76. The van der Waals surface area contributed by atoms with E-state index in [2.05, 4.69) is 40.7 Å². The number of hydrogen-bond acceptors (Lipinski definition) is 4. The van der Waals surface area contributed by atoms with Crippen LogP contribution in [0.4, 0.5) is 0 Å². The van der Waals surface area contributed by atoms with Gasteiger partial charge in [-0.15, -0.1) is 26.8 Å². The van der Waals surface area contributed by atoms with E-state index in [1.54, 1.807) is 16.6 Å². The van der Waals surface area contributed by atoms with Crippen LogP contribution in [0.25, 0.3) is 17.1 Å². The number of thioether (sulfide) groups is 1. The molecule has 0 atom stereocenters. The third-order valence-electron chi connectivity index (χ3n) is 3.03. The fourth-order valence-electron chi connectivity index (χ4n) is 1.86. The van der Waals surface area contributed by atoms with Crippen LogP contribution in [0.1, 0.15) is 5.56 Å². The van der Waals surface area contributed by atoms with Crippen molar-refractivity contribution in [1.82, 2.24) is 20.2 Å². The Kier molecular flexibility index (Phi) is 3.52. The number of tetrazole rings is 1. The second kappa shape index (κ2) is 5.46. The van der Waals surface area contributed by atoms with Crippen molar-refractivity contribution in [2.24, 2.45) is 0 Å². The van der Waals surface area contributed by atoms with Gasteiger partial charge in [0.15, 0.2) is 0 Å². The largest absolute Gasteiger partial charge is 0.205 e. The van der Waals surface area contributed by atoms with Crippen molar-refractivity contribution in [3.8, 4) is 17.1 Å². The van der Waals surface area contributed by atoms with Crippen molar-refractivity contribution < 1.29 is 0 Å². The Morgan fingerprint density at radius 1 is 0.950 bits per heavy atom. The fraction of sp³-hybridized carbons (Fsp3) is 0.133. The molecule has 0 radical (unpaired) electrons. The standard InChI is InChI=1S/C15H14N4S/c1-11-3-7-13(8-4-11)19-17-15(16-18-19)12-5-9-14(20-2)10-6-12/h3-10H,1-2H3. The van der Waals surface area contributed by atoms with Crippen LogP contribution >= 0.6 is 11.8 Å². The van der Waals surface area contributed by atoms with Crippen molar-refractivity contribution >= 4 is 11.8 Å². The highest BCUT2D eigenvalue weighted by Gasteiger charge is 2.07.